The summed E-state index contributed by atoms with van der Waals surface area (Å²) in [5.74, 6) is 0. The number of piperazine rings is 1. The number of carbonyl (C=O) groups excluding carboxylic acids is 1. The van der Waals surface area contributed by atoms with Crippen molar-refractivity contribution in [1.29, 1.82) is 0 Å². The summed E-state index contributed by atoms with van der Waals surface area (Å²) in [6.07, 6.45) is 0. The number of amides is 2. The topological polar surface area (TPSA) is 35.6 Å². The van der Waals surface area contributed by atoms with Crippen LogP contribution < -0.4 is 5.32 Å². The molecule has 0 saturated carbocycles. The highest BCUT2D eigenvalue weighted by Crippen LogP contribution is 2.23. The van der Waals surface area contributed by atoms with E-state index in [1.165, 1.54) is 5.56 Å². The Morgan fingerprint density at radius 3 is 2.40 bits per heavy atom. The van der Waals surface area contributed by atoms with Crippen molar-refractivity contribution in [2.24, 2.45) is 0 Å². The Kier molecular flexibility index (Phi) is 5.61. The molecule has 1 heterocycles. The van der Waals surface area contributed by atoms with Crippen molar-refractivity contribution in [1.82, 2.24) is 9.80 Å². The summed E-state index contributed by atoms with van der Waals surface area (Å²) < 4.78 is 0. The van der Waals surface area contributed by atoms with Gasteiger partial charge in [-0.2, -0.15) is 0 Å². The van der Waals surface area contributed by atoms with Crippen molar-refractivity contribution in [2.75, 3.05) is 31.5 Å². The summed E-state index contributed by atoms with van der Waals surface area (Å²) in [6, 6.07) is 16.3. The van der Waals surface area contributed by atoms with Gasteiger partial charge in [-0.25, -0.2) is 4.79 Å². The third-order valence-electron chi connectivity index (χ3n) is 4.86. The number of hydrogen-bond acceptors (Lipinski definition) is 2. The molecule has 1 N–H and O–H groups in total. The smallest absolute Gasteiger partial charge is 0.321 e. The standard InChI is InChI=1S/C20H24ClN3O/c1-15-14-18(21)8-9-19(15)22-20(25)24-12-10-23(11-13-24)16(2)17-6-4-3-5-7-17/h3-9,14,16H,10-13H2,1-2H3,(H,22,25). The normalized spacial score (nSPS) is 16.5. The molecule has 132 valence electrons. The highest BCUT2D eigenvalue weighted by molar-refractivity contribution is 6.30. The Morgan fingerprint density at radius 1 is 1.08 bits per heavy atom. The van der Waals surface area contributed by atoms with Gasteiger partial charge in [-0.1, -0.05) is 41.9 Å². The van der Waals surface area contributed by atoms with Crippen LogP contribution >= 0.6 is 11.6 Å². The van der Waals surface area contributed by atoms with E-state index in [-0.39, 0.29) is 6.03 Å². The monoisotopic (exact) mass is 357 g/mol. The van der Waals surface area contributed by atoms with E-state index in [4.69, 9.17) is 11.6 Å². The maximum atomic E-state index is 12.5. The van der Waals surface area contributed by atoms with E-state index in [1.807, 2.05) is 30.0 Å². The molecule has 2 aromatic carbocycles. The molecule has 2 aromatic rings. The van der Waals surface area contributed by atoms with E-state index in [0.29, 0.717) is 11.1 Å². The van der Waals surface area contributed by atoms with Crippen molar-refractivity contribution in [3.8, 4) is 0 Å². The molecule has 1 saturated heterocycles. The second kappa shape index (κ2) is 7.89. The van der Waals surface area contributed by atoms with Crippen molar-refractivity contribution in [3.05, 3.63) is 64.7 Å². The SMILES string of the molecule is Cc1cc(Cl)ccc1NC(=O)N1CCN(C(C)c2ccccc2)CC1. The van der Waals surface area contributed by atoms with E-state index in [2.05, 4.69) is 41.4 Å². The molecule has 1 unspecified atom stereocenters. The Morgan fingerprint density at radius 2 is 1.76 bits per heavy atom. The van der Waals surface area contributed by atoms with E-state index >= 15 is 0 Å². The predicted octanol–water partition coefficient (Wildman–Crippen LogP) is 4.56. The van der Waals surface area contributed by atoms with Gasteiger partial charge in [0.1, 0.15) is 0 Å². The molecular formula is C20H24ClN3O. The van der Waals surface area contributed by atoms with E-state index in [1.54, 1.807) is 6.07 Å². The van der Waals surface area contributed by atoms with Crippen LogP contribution in [-0.2, 0) is 0 Å². The van der Waals surface area contributed by atoms with Gasteiger partial charge in [0.25, 0.3) is 0 Å². The first kappa shape index (κ1) is 17.8. The fourth-order valence-electron chi connectivity index (χ4n) is 3.22. The lowest BCUT2D eigenvalue weighted by Crippen LogP contribution is -2.50. The number of benzene rings is 2. The molecule has 1 fully saturated rings. The number of nitrogens with one attached hydrogen (secondary N) is 1. The van der Waals surface area contributed by atoms with Crippen LogP contribution in [-0.4, -0.2) is 42.0 Å². The predicted molar refractivity (Wildman–Crippen MR) is 103 cm³/mol. The molecule has 1 aliphatic heterocycles. The fourth-order valence-corrected chi connectivity index (χ4v) is 3.44. The Hall–Kier alpha value is -2.04. The average molecular weight is 358 g/mol. The average Bonchev–Trinajstić information content (AvgIpc) is 2.64. The fraction of sp³-hybridized carbons (Fsp3) is 0.350. The number of rotatable bonds is 3. The molecule has 3 rings (SSSR count). The van der Waals surface area contributed by atoms with Gasteiger partial charge in [-0.15, -0.1) is 0 Å². The molecule has 4 nitrogen and oxygen atoms in total. The quantitative estimate of drug-likeness (QED) is 0.874. The van der Waals surface area contributed by atoms with Gasteiger partial charge in [0.2, 0.25) is 0 Å². The maximum absolute atomic E-state index is 12.5. The first-order valence-electron chi connectivity index (χ1n) is 8.65. The maximum Gasteiger partial charge on any atom is 0.321 e. The van der Waals surface area contributed by atoms with E-state index in [0.717, 1.165) is 37.4 Å². The molecule has 0 radical (unpaired) electrons. The highest BCUT2D eigenvalue weighted by Gasteiger charge is 2.24. The lowest BCUT2D eigenvalue weighted by molar-refractivity contribution is 0.119. The number of urea groups is 1. The van der Waals surface area contributed by atoms with Gasteiger partial charge in [-0.05, 0) is 43.2 Å². The minimum absolute atomic E-state index is 0.0440. The Bertz CT molecular complexity index is 727. The van der Waals surface area contributed by atoms with Crippen LogP contribution in [0.3, 0.4) is 0 Å². The van der Waals surface area contributed by atoms with Crippen LogP contribution in [0.2, 0.25) is 5.02 Å². The van der Waals surface area contributed by atoms with Crippen LogP contribution in [0, 0.1) is 6.92 Å². The third-order valence-corrected chi connectivity index (χ3v) is 5.10. The second-order valence-electron chi connectivity index (χ2n) is 6.50. The first-order valence-corrected chi connectivity index (χ1v) is 9.03. The number of anilines is 1. The Balaban J connectivity index is 1.55. The summed E-state index contributed by atoms with van der Waals surface area (Å²) in [5.41, 5.74) is 3.10. The zero-order chi connectivity index (χ0) is 17.8. The van der Waals surface area contributed by atoms with Crippen molar-refractivity contribution < 1.29 is 4.79 Å². The number of hydrogen-bond donors (Lipinski definition) is 1. The number of aryl methyl sites for hydroxylation is 1. The molecule has 5 heteroatoms. The summed E-state index contributed by atoms with van der Waals surface area (Å²) in [5, 5.41) is 3.67. The third kappa shape index (κ3) is 4.33. The Labute approximate surface area is 154 Å². The number of halogens is 1. The minimum atomic E-state index is -0.0440. The summed E-state index contributed by atoms with van der Waals surface area (Å²) in [7, 11) is 0. The lowest BCUT2D eigenvalue weighted by atomic mass is 10.1. The number of nitrogens with zero attached hydrogens (tertiary/aromatic N) is 2. The molecule has 1 atom stereocenters. The molecule has 0 spiro atoms. The summed E-state index contributed by atoms with van der Waals surface area (Å²) in [6.45, 7) is 7.39. The number of carbonyl (C=O) groups is 1. The van der Waals surface area contributed by atoms with Gasteiger partial charge in [0.05, 0.1) is 0 Å². The highest BCUT2D eigenvalue weighted by atomic mass is 35.5. The van der Waals surface area contributed by atoms with Crippen LogP contribution in [0.25, 0.3) is 0 Å². The lowest BCUT2D eigenvalue weighted by Gasteiger charge is -2.38. The molecule has 1 aliphatic rings. The molecule has 0 aromatic heterocycles. The van der Waals surface area contributed by atoms with Gasteiger partial charge in [-0.3, -0.25) is 4.90 Å². The zero-order valence-corrected chi connectivity index (χ0v) is 15.5. The van der Waals surface area contributed by atoms with Gasteiger partial charge in [0, 0.05) is 42.9 Å². The van der Waals surface area contributed by atoms with E-state index < -0.39 is 0 Å². The van der Waals surface area contributed by atoms with Crippen LogP contribution in [0.5, 0.6) is 0 Å². The van der Waals surface area contributed by atoms with Crippen molar-refractivity contribution >= 4 is 23.3 Å². The molecule has 25 heavy (non-hydrogen) atoms. The molecule has 0 aliphatic carbocycles. The summed E-state index contributed by atoms with van der Waals surface area (Å²) >= 11 is 5.97. The second-order valence-corrected chi connectivity index (χ2v) is 6.94. The van der Waals surface area contributed by atoms with Gasteiger partial charge in [0.15, 0.2) is 0 Å². The van der Waals surface area contributed by atoms with Crippen molar-refractivity contribution in [2.45, 2.75) is 19.9 Å². The zero-order valence-electron chi connectivity index (χ0n) is 14.7. The van der Waals surface area contributed by atoms with Crippen LogP contribution in [0.4, 0.5) is 10.5 Å². The van der Waals surface area contributed by atoms with E-state index in [9.17, 15) is 4.79 Å². The summed E-state index contributed by atoms with van der Waals surface area (Å²) in [4.78, 5) is 16.8. The minimum Gasteiger partial charge on any atom is -0.322 e. The van der Waals surface area contributed by atoms with Crippen LogP contribution in [0.15, 0.2) is 48.5 Å². The molecule has 2 amide bonds. The molecule has 0 bridgehead atoms. The first-order chi connectivity index (χ1) is 12.0. The van der Waals surface area contributed by atoms with Crippen molar-refractivity contribution in [3.63, 3.8) is 0 Å². The van der Waals surface area contributed by atoms with Gasteiger partial charge < -0.3 is 10.2 Å². The van der Waals surface area contributed by atoms with Crippen LogP contribution in [0.1, 0.15) is 24.1 Å². The molecular weight excluding hydrogens is 334 g/mol. The van der Waals surface area contributed by atoms with Gasteiger partial charge >= 0.3 is 6.03 Å². The largest absolute Gasteiger partial charge is 0.322 e.